The second kappa shape index (κ2) is 5.08. The van der Waals surface area contributed by atoms with Crippen molar-refractivity contribution in [1.82, 2.24) is 9.78 Å². The van der Waals surface area contributed by atoms with E-state index in [1.807, 2.05) is 0 Å². The van der Waals surface area contributed by atoms with E-state index in [1.54, 1.807) is 16.9 Å². The van der Waals surface area contributed by atoms with Gasteiger partial charge in [0, 0.05) is 18.2 Å². The van der Waals surface area contributed by atoms with Crippen molar-refractivity contribution in [3.05, 3.63) is 46.5 Å². The Hall–Kier alpha value is -1.39. The second-order valence-electron chi connectivity index (χ2n) is 4.42. The molecular formula is C13H15ClFN3. The van der Waals surface area contributed by atoms with Crippen molar-refractivity contribution in [1.29, 1.82) is 0 Å². The van der Waals surface area contributed by atoms with Crippen molar-refractivity contribution < 1.29 is 4.39 Å². The molecule has 0 amide bonds. The lowest BCUT2D eigenvalue weighted by Gasteiger charge is -2.12. The first-order valence-corrected chi connectivity index (χ1v) is 6.14. The molecule has 0 radical (unpaired) electrons. The van der Waals surface area contributed by atoms with Gasteiger partial charge in [-0.05, 0) is 18.1 Å². The third kappa shape index (κ3) is 2.26. The van der Waals surface area contributed by atoms with Crippen LogP contribution in [0, 0.1) is 5.82 Å². The lowest BCUT2D eigenvalue weighted by atomic mass is 10.1. The average molecular weight is 268 g/mol. The first-order chi connectivity index (χ1) is 8.54. The minimum Gasteiger partial charge on any atom is -0.326 e. The summed E-state index contributed by atoms with van der Waals surface area (Å²) in [7, 11) is 0. The number of hydrogen-bond donors (Lipinski definition) is 1. The third-order valence-corrected chi connectivity index (χ3v) is 3.11. The van der Waals surface area contributed by atoms with Crippen LogP contribution in [0.4, 0.5) is 4.39 Å². The van der Waals surface area contributed by atoms with Gasteiger partial charge in [-0.2, -0.15) is 5.10 Å². The maximum Gasteiger partial charge on any atom is 0.143 e. The van der Waals surface area contributed by atoms with Crippen LogP contribution in [-0.2, 0) is 6.54 Å². The highest BCUT2D eigenvalue weighted by Crippen LogP contribution is 2.24. The third-order valence-electron chi connectivity index (χ3n) is 2.80. The molecule has 2 rings (SSSR count). The van der Waals surface area contributed by atoms with Crippen LogP contribution in [0.25, 0.3) is 5.69 Å². The molecule has 1 aromatic heterocycles. The Morgan fingerprint density at radius 1 is 1.44 bits per heavy atom. The zero-order chi connectivity index (χ0) is 13.3. The van der Waals surface area contributed by atoms with Crippen molar-refractivity contribution in [2.75, 3.05) is 0 Å². The van der Waals surface area contributed by atoms with Crippen molar-refractivity contribution in [3.8, 4) is 5.69 Å². The zero-order valence-corrected chi connectivity index (χ0v) is 11.1. The van der Waals surface area contributed by atoms with E-state index in [-0.39, 0.29) is 10.9 Å². The quantitative estimate of drug-likeness (QED) is 0.928. The van der Waals surface area contributed by atoms with Gasteiger partial charge in [-0.15, -0.1) is 0 Å². The molecule has 2 N–H and O–H groups in total. The number of rotatable bonds is 3. The standard InChI is InChI=1S/C13H15ClFN3/c1-8(2)13-9(6-16)7-17-18(13)10-3-4-11(14)12(15)5-10/h3-5,7-8H,6,16H2,1-2H3. The minimum atomic E-state index is -0.450. The highest BCUT2D eigenvalue weighted by Gasteiger charge is 2.15. The Bertz CT molecular complexity index is 563. The van der Waals surface area contributed by atoms with Crippen LogP contribution >= 0.6 is 11.6 Å². The number of nitrogens with two attached hydrogens (primary N) is 1. The summed E-state index contributed by atoms with van der Waals surface area (Å²) < 4.78 is 15.2. The van der Waals surface area contributed by atoms with E-state index in [9.17, 15) is 4.39 Å². The molecule has 0 aliphatic heterocycles. The Morgan fingerprint density at radius 2 is 2.17 bits per heavy atom. The summed E-state index contributed by atoms with van der Waals surface area (Å²) in [4.78, 5) is 0. The summed E-state index contributed by atoms with van der Waals surface area (Å²) >= 11 is 5.68. The van der Waals surface area contributed by atoms with E-state index in [0.29, 0.717) is 12.2 Å². The molecule has 0 bridgehead atoms. The monoisotopic (exact) mass is 267 g/mol. The van der Waals surface area contributed by atoms with Gasteiger partial charge in [-0.1, -0.05) is 25.4 Å². The van der Waals surface area contributed by atoms with E-state index in [1.165, 1.54) is 12.1 Å². The van der Waals surface area contributed by atoms with Gasteiger partial charge in [0.2, 0.25) is 0 Å². The maximum absolute atomic E-state index is 13.5. The summed E-state index contributed by atoms with van der Waals surface area (Å²) in [6, 6.07) is 4.65. The van der Waals surface area contributed by atoms with Gasteiger partial charge in [-0.3, -0.25) is 0 Å². The fourth-order valence-electron chi connectivity index (χ4n) is 1.99. The lowest BCUT2D eigenvalue weighted by Crippen LogP contribution is -2.07. The zero-order valence-electron chi connectivity index (χ0n) is 10.3. The Balaban J connectivity index is 2.56. The van der Waals surface area contributed by atoms with Gasteiger partial charge in [-0.25, -0.2) is 9.07 Å². The molecular weight excluding hydrogens is 253 g/mol. The molecule has 0 saturated carbocycles. The minimum absolute atomic E-state index is 0.107. The van der Waals surface area contributed by atoms with Crippen LogP contribution in [0.2, 0.25) is 5.02 Å². The highest BCUT2D eigenvalue weighted by atomic mass is 35.5. The van der Waals surface area contributed by atoms with Gasteiger partial charge >= 0.3 is 0 Å². The molecule has 0 spiro atoms. The predicted octanol–water partition coefficient (Wildman–Crippen LogP) is 3.25. The molecule has 5 heteroatoms. The fraction of sp³-hybridized carbons (Fsp3) is 0.308. The summed E-state index contributed by atoms with van der Waals surface area (Å²) in [5.74, 6) is -0.196. The molecule has 3 nitrogen and oxygen atoms in total. The fourth-order valence-corrected chi connectivity index (χ4v) is 2.10. The molecule has 0 atom stereocenters. The topological polar surface area (TPSA) is 43.8 Å². The van der Waals surface area contributed by atoms with Gasteiger partial charge in [0.15, 0.2) is 0 Å². The second-order valence-corrected chi connectivity index (χ2v) is 4.83. The van der Waals surface area contributed by atoms with Gasteiger partial charge in [0.1, 0.15) is 5.82 Å². The largest absolute Gasteiger partial charge is 0.326 e. The Labute approximate surface area is 110 Å². The molecule has 1 heterocycles. The van der Waals surface area contributed by atoms with Gasteiger partial charge in [0.25, 0.3) is 0 Å². The van der Waals surface area contributed by atoms with Crippen molar-refractivity contribution in [2.45, 2.75) is 26.3 Å². The Kier molecular flexibility index (Phi) is 3.68. The molecule has 0 fully saturated rings. The van der Waals surface area contributed by atoms with E-state index < -0.39 is 5.82 Å². The number of aromatic nitrogens is 2. The molecule has 0 unspecified atom stereocenters. The smallest absolute Gasteiger partial charge is 0.143 e. The number of hydrogen-bond acceptors (Lipinski definition) is 2. The molecule has 2 aromatic rings. The molecule has 1 aromatic carbocycles. The van der Waals surface area contributed by atoms with Crippen molar-refractivity contribution in [3.63, 3.8) is 0 Å². The summed E-state index contributed by atoms with van der Waals surface area (Å²) in [6.45, 7) is 4.53. The number of nitrogens with zero attached hydrogens (tertiary/aromatic N) is 2. The van der Waals surface area contributed by atoms with Crippen LogP contribution in [-0.4, -0.2) is 9.78 Å². The van der Waals surface area contributed by atoms with E-state index in [4.69, 9.17) is 17.3 Å². The number of benzene rings is 1. The van der Waals surface area contributed by atoms with Crippen molar-refractivity contribution in [2.24, 2.45) is 5.73 Å². The molecule has 0 saturated heterocycles. The normalized spacial score (nSPS) is 11.2. The summed E-state index contributed by atoms with van der Waals surface area (Å²) in [5, 5.41) is 4.38. The lowest BCUT2D eigenvalue weighted by molar-refractivity contribution is 0.624. The van der Waals surface area contributed by atoms with Crippen LogP contribution in [0.15, 0.2) is 24.4 Å². The predicted molar refractivity (Wildman–Crippen MR) is 70.5 cm³/mol. The van der Waals surface area contributed by atoms with Crippen LogP contribution in [0.5, 0.6) is 0 Å². The molecule has 18 heavy (non-hydrogen) atoms. The maximum atomic E-state index is 13.5. The highest BCUT2D eigenvalue weighted by molar-refractivity contribution is 6.30. The van der Waals surface area contributed by atoms with Crippen LogP contribution in [0.1, 0.15) is 31.0 Å². The SMILES string of the molecule is CC(C)c1c(CN)cnn1-c1ccc(Cl)c(F)c1. The molecule has 0 aliphatic rings. The first kappa shape index (κ1) is 13.1. The summed E-state index contributed by atoms with van der Waals surface area (Å²) in [6.07, 6.45) is 1.72. The molecule has 96 valence electrons. The van der Waals surface area contributed by atoms with E-state index >= 15 is 0 Å². The van der Waals surface area contributed by atoms with Crippen LogP contribution < -0.4 is 5.73 Å². The number of halogens is 2. The van der Waals surface area contributed by atoms with Gasteiger partial charge < -0.3 is 5.73 Å². The van der Waals surface area contributed by atoms with E-state index in [2.05, 4.69) is 18.9 Å². The summed E-state index contributed by atoms with van der Waals surface area (Å²) in [5.41, 5.74) is 8.31. The molecule has 0 aliphatic carbocycles. The van der Waals surface area contributed by atoms with Crippen LogP contribution in [0.3, 0.4) is 0 Å². The first-order valence-electron chi connectivity index (χ1n) is 5.77. The van der Waals surface area contributed by atoms with Crippen molar-refractivity contribution >= 4 is 11.6 Å². The van der Waals surface area contributed by atoms with E-state index in [0.717, 1.165) is 11.3 Å². The Morgan fingerprint density at radius 3 is 2.72 bits per heavy atom. The average Bonchev–Trinajstić information content (AvgIpc) is 2.76. The van der Waals surface area contributed by atoms with Gasteiger partial charge in [0.05, 0.1) is 22.6 Å².